The molecule has 1 aliphatic carbocycles. The number of rotatable bonds is 5. The van der Waals surface area contributed by atoms with E-state index in [1.807, 2.05) is 6.92 Å². The zero-order chi connectivity index (χ0) is 17.5. The average Bonchev–Trinajstić information content (AvgIpc) is 2.87. The second-order valence-electron chi connectivity index (χ2n) is 5.86. The lowest BCUT2D eigenvalue weighted by atomic mass is 9.79. The third-order valence-corrected chi connectivity index (χ3v) is 4.51. The smallest absolute Gasteiger partial charge is 0.318 e. The number of nitrogens with zero attached hydrogens (tertiary/aromatic N) is 1. The van der Waals surface area contributed by atoms with Crippen LogP contribution in [0, 0.1) is 5.92 Å². The molecule has 24 heavy (non-hydrogen) atoms. The molecule has 0 saturated carbocycles. The van der Waals surface area contributed by atoms with Crippen LogP contribution in [0.15, 0.2) is 29.3 Å². The highest BCUT2D eigenvalue weighted by atomic mass is 16.6. The Morgan fingerprint density at radius 3 is 2.71 bits per heavy atom. The number of fused-ring (bicyclic) bond motifs is 3. The minimum atomic E-state index is -2.39. The van der Waals surface area contributed by atoms with Crippen LogP contribution < -0.4 is 0 Å². The van der Waals surface area contributed by atoms with Crippen LogP contribution in [0.25, 0.3) is 0 Å². The number of hydrogen-bond acceptors (Lipinski definition) is 7. The third-order valence-electron chi connectivity index (χ3n) is 4.51. The van der Waals surface area contributed by atoms with Crippen molar-refractivity contribution in [3.63, 3.8) is 0 Å². The van der Waals surface area contributed by atoms with E-state index in [0.29, 0.717) is 6.61 Å². The maximum Gasteiger partial charge on any atom is 0.318 e. The van der Waals surface area contributed by atoms with Gasteiger partial charge in [-0.15, -0.1) is 0 Å². The van der Waals surface area contributed by atoms with E-state index in [1.165, 1.54) is 19.1 Å². The van der Waals surface area contributed by atoms with E-state index in [0.717, 1.165) is 0 Å². The molecule has 0 fully saturated rings. The Kier molecular flexibility index (Phi) is 4.03. The number of aliphatic hydroxyl groups is 2. The summed E-state index contributed by atoms with van der Waals surface area (Å²) >= 11 is 0. The molecule has 7 heteroatoms. The van der Waals surface area contributed by atoms with Crippen LogP contribution in [0.3, 0.4) is 0 Å². The summed E-state index contributed by atoms with van der Waals surface area (Å²) in [7, 11) is 0. The Labute approximate surface area is 138 Å². The lowest BCUT2D eigenvalue weighted by molar-refractivity contribution is -0.166. The average molecular weight is 333 g/mol. The number of carbonyl (C=O) groups is 2. The summed E-state index contributed by atoms with van der Waals surface area (Å²) in [5, 5.41) is 22.0. The predicted octanol–water partition coefficient (Wildman–Crippen LogP) is 0.430. The van der Waals surface area contributed by atoms with Crippen molar-refractivity contribution in [1.82, 2.24) is 0 Å². The molecular weight excluding hydrogens is 314 g/mol. The Balaban J connectivity index is 1.94. The first-order valence-electron chi connectivity index (χ1n) is 7.77. The number of carbonyl (C=O) groups excluding carboxylic acids is 2. The normalized spacial score (nSPS) is 30.8. The molecule has 0 spiro atoms. The fourth-order valence-corrected chi connectivity index (χ4v) is 3.42. The first kappa shape index (κ1) is 16.8. The van der Waals surface area contributed by atoms with E-state index in [4.69, 9.17) is 9.47 Å². The summed E-state index contributed by atoms with van der Waals surface area (Å²) < 4.78 is 10.2. The molecule has 0 aromatic heterocycles. The van der Waals surface area contributed by atoms with E-state index in [-0.39, 0.29) is 30.1 Å². The monoisotopic (exact) mass is 333 g/mol. The number of ether oxygens (including phenoxy) is 2. The lowest BCUT2D eigenvalue weighted by Crippen LogP contribution is -2.56. The first-order valence-corrected chi connectivity index (χ1v) is 7.77. The fourth-order valence-electron chi connectivity index (χ4n) is 3.42. The summed E-state index contributed by atoms with van der Waals surface area (Å²) in [6.07, 6.45) is 0. The van der Waals surface area contributed by atoms with Crippen LogP contribution in [0.2, 0.25) is 0 Å². The van der Waals surface area contributed by atoms with E-state index >= 15 is 0 Å². The first-order chi connectivity index (χ1) is 11.4. The van der Waals surface area contributed by atoms with E-state index in [1.54, 1.807) is 12.1 Å². The van der Waals surface area contributed by atoms with Gasteiger partial charge in [0.1, 0.15) is 12.5 Å². The number of benzene rings is 1. The molecular formula is C17H19NO6. The SMILES string of the molecule is CCOCCOC(=O)[C@H]1C(C)=N[C@@]2(O)c3ccccc3C(=O)[C@@]12O. The van der Waals surface area contributed by atoms with Crippen molar-refractivity contribution in [2.45, 2.75) is 25.2 Å². The standard InChI is InChI=1S/C17H19NO6/c1-3-23-8-9-24-15(20)13-10(2)18-17(22)12-7-5-4-6-11(12)14(19)16(13,17)21/h4-7,13,21-22H,3,8-9H2,1-2H3/t13-,16+,17-/m1/s1. The van der Waals surface area contributed by atoms with E-state index in [2.05, 4.69) is 4.99 Å². The van der Waals surface area contributed by atoms with Crippen LogP contribution in [0.5, 0.6) is 0 Å². The molecule has 2 aliphatic rings. The fraction of sp³-hybridized carbons (Fsp3) is 0.471. The molecule has 0 radical (unpaired) electrons. The van der Waals surface area contributed by atoms with Gasteiger partial charge in [-0.25, -0.2) is 0 Å². The molecule has 7 nitrogen and oxygen atoms in total. The number of hydrogen-bond donors (Lipinski definition) is 2. The molecule has 2 N–H and O–H groups in total. The molecule has 1 heterocycles. The van der Waals surface area contributed by atoms with Gasteiger partial charge < -0.3 is 19.7 Å². The molecule has 0 unspecified atom stereocenters. The maximum atomic E-state index is 12.7. The summed E-state index contributed by atoms with van der Waals surface area (Å²) in [6.45, 7) is 3.98. The third kappa shape index (κ3) is 2.05. The molecule has 0 amide bonds. The van der Waals surface area contributed by atoms with Crippen molar-refractivity contribution in [2.75, 3.05) is 19.8 Å². The van der Waals surface area contributed by atoms with Crippen LogP contribution in [0.4, 0.5) is 0 Å². The molecule has 0 bridgehead atoms. The molecule has 1 aromatic rings. The molecule has 1 aromatic carbocycles. The number of esters is 1. The van der Waals surface area contributed by atoms with Gasteiger partial charge in [0.25, 0.3) is 0 Å². The highest BCUT2D eigenvalue weighted by Crippen LogP contribution is 2.53. The Morgan fingerprint density at radius 1 is 1.29 bits per heavy atom. The Hall–Kier alpha value is -2.09. The van der Waals surface area contributed by atoms with Gasteiger partial charge in [-0.05, 0) is 13.8 Å². The van der Waals surface area contributed by atoms with Crippen molar-refractivity contribution in [3.05, 3.63) is 35.4 Å². The van der Waals surface area contributed by atoms with Gasteiger partial charge in [0.15, 0.2) is 5.60 Å². The minimum absolute atomic E-state index is 0.00784. The van der Waals surface area contributed by atoms with Gasteiger partial charge in [0.2, 0.25) is 11.5 Å². The van der Waals surface area contributed by atoms with Gasteiger partial charge in [-0.1, -0.05) is 24.3 Å². The van der Waals surface area contributed by atoms with Gasteiger partial charge in [-0.3, -0.25) is 14.6 Å². The van der Waals surface area contributed by atoms with Crippen LogP contribution in [-0.4, -0.2) is 53.1 Å². The molecule has 3 atom stereocenters. The van der Waals surface area contributed by atoms with Gasteiger partial charge in [0, 0.05) is 23.4 Å². The lowest BCUT2D eigenvalue weighted by Gasteiger charge is -2.31. The summed E-state index contributed by atoms with van der Waals surface area (Å²) in [5.41, 5.74) is -4.05. The van der Waals surface area contributed by atoms with Crippen molar-refractivity contribution >= 4 is 17.5 Å². The van der Waals surface area contributed by atoms with Crippen molar-refractivity contribution in [2.24, 2.45) is 10.9 Å². The molecule has 3 rings (SSSR count). The predicted molar refractivity (Wildman–Crippen MR) is 83.7 cm³/mol. The molecule has 0 saturated heterocycles. The highest BCUT2D eigenvalue weighted by Gasteiger charge is 2.72. The van der Waals surface area contributed by atoms with Gasteiger partial charge >= 0.3 is 5.97 Å². The molecule has 128 valence electrons. The summed E-state index contributed by atoms with van der Waals surface area (Å²) in [5.74, 6) is -2.90. The maximum absolute atomic E-state index is 12.7. The largest absolute Gasteiger partial charge is 0.463 e. The number of aliphatic imine (C=N–C) groups is 1. The zero-order valence-electron chi connectivity index (χ0n) is 13.5. The number of ketones is 1. The van der Waals surface area contributed by atoms with E-state index < -0.39 is 29.0 Å². The summed E-state index contributed by atoms with van der Waals surface area (Å²) in [6, 6.07) is 6.27. The Bertz CT molecular complexity index is 730. The Morgan fingerprint density at radius 2 is 2.00 bits per heavy atom. The highest BCUT2D eigenvalue weighted by molar-refractivity contribution is 6.18. The van der Waals surface area contributed by atoms with Crippen molar-refractivity contribution in [1.29, 1.82) is 0 Å². The second-order valence-corrected chi connectivity index (χ2v) is 5.86. The molecule has 1 aliphatic heterocycles. The van der Waals surface area contributed by atoms with Crippen molar-refractivity contribution < 1.29 is 29.3 Å². The van der Waals surface area contributed by atoms with Crippen molar-refractivity contribution in [3.8, 4) is 0 Å². The minimum Gasteiger partial charge on any atom is -0.463 e. The van der Waals surface area contributed by atoms with Crippen LogP contribution >= 0.6 is 0 Å². The topological polar surface area (TPSA) is 105 Å². The quantitative estimate of drug-likeness (QED) is 0.598. The summed E-state index contributed by atoms with van der Waals surface area (Å²) in [4.78, 5) is 29.2. The van der Waals surface area contributed by atoms with E-state index in [9.17, 15) is 19.8 Å². The number of Topliss-reactive ketones (excluding diaryl/α,β-unsaturated/α-hetero) is 1. The van der Waals surface area contributed by atoms with Crippen LogP contribution in [-0.2, 0) is 20.0 Å². The zero-order valence-corrected chi connectivity index (χ0v) is 13.5. The van der Waals surface area contributed by atoms with Gasteiger partial charge in [-0.2, -0.15) is 0 Å². The second kappa shape index (κ2) is 5.77. The van der Waals surface area contributed by atoms with Gasteiger partial charge in [0.05, 0.1) is 6.61 Å². The van der Waals surface area contributed by atoms with Crippen LogP contribution in [0.1, 0.15) is 29.8 Å².